The Hall–Kier alpha value is -1.02. The summed E-state index contributed by atoms with van der Waals surface area (Å²) in [5, 5.41) is 4.90. The molecule has 1 N–H and O–H groups in total. The van der Waals surface area contributed by atoms with Gasteiger partial charge < -0.3 is 5.32 Å². The highest BCUT2D eigenvalue weighted by Gasteiger charge is 2.15. The first kappa shape index (κ1) is 16.4. The van der Waals surface area contributed by atoms with Gasteiger partial charge in [0.05, 0.1) is 10.0 Å². The summed E-state index contributed by atoms with van der Waals surface area (Å²) in [6, 6.07) is 17.0. The Labute approximate surface area is 137 Å². The summed E-state index contributed by atoms with van der Waals surface area (Å²) < 4.78 is 0. The molecule has 2 aromatic carbocycles. The molecule has 0 saturated carbocycles. The second kappa shape index (κ2) is 7.84. The predicted octanol–water partition coefficient (Wildman–Crippen LogP) is 6.19. The zero-order valence-electron chi connectivity index (χ0n) is 12.4. The van der Waals surface area contributed by atoms with Gasteiger partial charge >= 0.3 is 0 Å². The fraction of sp³-hybridized carbons (Fsp3) is 0.333. The lowest BCUT2D eigenvalue weighted by molar-refractivity contribution is 0.439. The molecular weight excluding hydrogens is 301 g/mol. The Morgan fingerprint density at radius 2 is 1.67 bits per heavy atom. The van der Waals surface area contributed by atoms with Crippen LogP contribution in [0.4, 0.5) is 0 Å². The van der Waals surface area contributed by atoms with Gasteiger partial charge in [-0.2, -0.15) is 0 Å². The van der Waals surface area contributed by atoms with Crippen LogP contribution < -0.4 is 5.32 Å². The lowest BCUT2D eigenvalue weighted by Crippen LogP contribution is -2.24. The zero-order chi connectivity index (χ0) is 15.2. The molecular formula is C18H21Cl2N. The van der Waals surface area contributed by atoms with Crippen LogP contribution >= 0.6 is 23.2 Å². The van der Waals surface area contributed by atoms with Crippen molar-refractivity contribution in [2.75, 3.05) is 0 Å². The van der Waals surface area contributed by atoms with Crippen molar-refractivity contribution in [3.63, 3.8) is 0 Å². The van der Waals surface area contributed by atoms with Crippen LogP contribution in [0.25, 0.3) is 0 Å². The molecule has 0 amide bonds. The Balaban J connectivity index is 2.14. The summed E-state index contributed by atoms with van der Waals surface area (Å²) in [6.45, 7) is 4.37. The molecule has 21 heavy (non-hydrogen) atoms. The van der Waals surface area contributed by atoms with Crippen molar-refractivity contribution < 1.29 is 0 Å². The summed E-state index contributed by atoms with van der Waals surface area (Å²) in [5.41, 5.74) is 2.48. The fourth-order valence-electron chi connectivity index (χ4n) is 2.50. The molecule has 2 unspecified atom stereocenters. The molecule has 0 bridgehead atoms. The van der Waals surface area contributed by atoms with Gasteiger partial charge in [0.2, 0.25) is 0 Å². The standard InChI is InChI=1S/C18H21Cl2N/c1-3-7-18(14-8-5-4-6-9-14)21-13(2)15-10-11-16(19)17(20)12-15/h4-6,8-13,18,21H,3,7H2,1-2H3. The van der Waals surface area contributed by atoms with E-state index in [0.29, 0.717) is 16.1 Å². The highest BCUT2D eigenvalue weighted by molar-refractivity contribution is 6.42. The zero-order valence-corrected chi connectivity index (χ0v) is 14.0. The summed E-state index contributed by atoms with van der Waals surface area (Å²) in [7, 11) is 0. The molecule has 1 nitrogen and oxygen atoms in total. The molecule has 0 saturated heterocycles. The Kier molecular flexibility index (Phi) is 6.10. The molecule has 0 aliphatic heterocycles. The molecule has 2 rings (SSSR count). The minimum absolute atomic E-state index is 0.219. The maximum atomic E-state index is 6.11. The number of hydrogen-bond acceptors (Lipinski definition) is 1. The summed E-state index contributed by atoms with van der Waals surface area (Å²) in [5.74, 6) is 0. The van der Waals surface area contributed by atoms with Crippen LogP contribution in [-0.2, 0) is 0 Å². The third kappa shape index (κ3) is 4.47. The molecule has 112 valence electrons. The molecule has 2 atom stereocenters. The average Bonchev–Trinajstić information content (AvgIpc) is 2.50. The molecule has 0 heterocycles. The van der Waals surface area contributed by atoms with Crippen molar-refractivity contribution in [1.29, 1.82) is 0 Å². The van der Waals surface area contributed by atoms with Crippen LogP contribution in [0.2, 0.25) is 10.0 Å². The van der Waals surface area contributed by atoms with E-state index < -0.39 is 0 Å². The molecule has 0 radical (unpaired) electrons. The summed E-state index contributed by atoms with van der Waals surface area (Å²) in [4.78, 5) is 0. The van der Waals surface area contributed by atoms with Gasteiger partial charge in [-0.1, -0.05) is 72.9 Å². The van der Waals surface area contributed by atoms with Crippen molar-refractivity contribution in [3.8, 4) is 0 Å². The van der Waals surface area contributed by atoms with Gasteiger partial charge in [0.15, 0.2) is 0 Å². The van der Waals surface area contributed by atoms with E-state index in [1.165, 1.54) is 5.56 Å². The van der Waals surface area contributed by atoms with Crippen LogP contribution in [-0.4, -0.2) is 0 Å². The minimum atomic E-state index is 0.219. The lowest BCUT2D eigenvalue weighted by Gasteiger charge is -2.24. The maximum Gasteiger partial charge on any atom is 0.0595 e. The van der Waals surface area contributed by atoms with E-state index in [0.717, 1.165) is 18.4 Å². The Morgan fingerprint density at radius 3 is 2.29 bits per heavy atom. The monoisotopic (exact) mass is 321 g/mol. The van der Waals surface area contributed by atoms with Crippen molar-refractivity contribution in [2.24, 2.45) is 0 Å². The van der Waals surface area contributed by atoms with Crippen molar-refractivity contribution in [1.82, 2.24) is 5.32 Å². The van der Waals surface area contributed by atoms with Gasteiger partial charge in [-0.3, -0.25) is 0 Å². The Bertz CT molecular complexity index is 569. The fourth-order valence-corrected chi connectivity index (χ4v) is 2.81. The first-order valence-corrected chi connectivity index (χ1v) is 8.13. The van der Waals surface area contributed by atoms with Crippen molar-refractivity contribution in [3.05, 3.63) is 69.7 Å². The van der Waals surface area contributed by atoms with E-state index in [9.17, 15) is 0 Å². The highest BCUT2D eigenvalue weighted by atomic mass is 35.5. The van der Waals surface area contributed by atoms with Crippen molar-refractivity contribution >= 4 is 23.2 Å². The van der Waals surface area contributed by atoms with Crippen LogP contribution in [0.5, 0.6) is 0 Å². The SMILES string of the molecule is CCCC(NC(C)c1ccc(Cl)c(Cl)c1)c1ccccc1. The second-order valence-electron chi connectivity index (χ2n) is 5.31. The van der Waals surface area contributed by atoms with Gasteiger partial charge in [-0.05, 0) is 36.6 Å². The largest absolute Gasteiger partial charge is 0.303 e. The van der Waals surface area contributed by atoms with Gasteiger partial charge in [0, 0.05) is 12.1 Å². The highest BCUT2D eigenvalue weighted by Crippen LogP contribution is 2.28. The first-order valence-electron chi connectivity index (χ1n) is 7.37. The predicted molar refractivity (Wildman–Crippen MR) is 92.1 cm³/mol. The number of benzene rings is 2. The van der Waals surface area contributed by atoms with E-state index >= 15 is 0 Å². The van der Waals surface area contributed by atoms with Gasteiger partial charge in [0.25, 0.3) is 0 Å². The smallest absolute Gasteiger partial charge is 0.0595 e. The Morgan fingerprint density at radius 1 is 0.952 bits per heavy atom. The molecule has 0 aliphatic rings. The number of hydrogen-bond donors (Lipinski definition) is 1. The van der Waals surface area contributed by atoms with Crippen LogP contribution in [0, 0.1) is 0 Å². The van der Waals surface area contributed by atoms with Crippen LogP contribution in [0.1, 0.15) is 49.9 Å². The van der Waals surface area contributed by atoms with Gasteiger partial charge in [-0.15, -0.1) is 0 Å². The molecule has 0 spiro atoms. The van der Waals surface area contributed by atoms with Crippen molar-refractivity contribution in [2.45, 2.75) is 38.8 Å². The number of halogens is 2. The third-order valence-corrected chi connectivity index (χ3v) is 4.41. The van der Waals surface area contributed by atoms with E-state index in [4.69, 9.17) is 23.2 Å². The average molecular weight is 322 g/mol. The molecule has 0 aliphatic carbocycles. The van der Waals surface area contributed by atoms with Crippen LogP contribution in [0.3, 0.4) is 0 Å². The molecule has 3 heteroatoms. The maximum absolute atomic E-state index is 6.11. The topological polar surface area (TPSA) is 12.0 Å². The number of rotatable bonds is 6. The number of nitrogens with one attached hydrogen (secondary N) is 1. The normalized spacial score (nSPS) is 13.9. The van der Waals surface area contributed by atoms with E-state index in [1.807, 2.05) is 18.2 Å². The van der Waals surface area contributed by atoms with E-state index in [1.54, 1.807) is 0 Å². The lowest BCUT2D eigenvalue weighted by atomic mass is 9.99. The van der Waals surface area contributed by atoms with Crippen LogP contribution in [0.15, 0.2) is 48.5 Å². The summed E-state index contributed by atoms with van der Waals surface area (Å²) in [6.07, 6.45) is 2.25. The van der Waals surface area contributed by atoms with Gasteiger partial charge in [0.1, 0.15) is 0 Å². The van der Waals surface area contributed by atoms with E-state index in [2.05, 4.69) is 49.5 Å². The quantitative estimate of drug-likeness (QED) is 0.669. The third-order valence-electron chi connectivity index (χ3n) is 3.67. The summed E-state index contributed by atoms with van der Waals surface area (Å²) >= 11 is 12.1. The second-order valence-corrected chi connectivity index (χ2v) is 6.13. The van der Waals surface area contributed by atoms with E-state index in [-0.39, 0.29) is 6.04 Å². The first-order chi connectivity index (χ1) is 10.1. The molecule has 0 aromatic heterocycles. The molecule has 2 aromatic rings. The van der Waals surface area contributed by atoms with Gasteiger partial charge in [-0.25, -0.2) is 0 Å². The minimum Gasteiger partial charge on any atom is -0.303 e. The molecule has 0 fully saturated rings.